The third-order valence-corrected chi connectivity index (χ3v) is 4.07. The molecule has 0 saturated carbocycles. The summed E-state index contributed by atoms with van der Waals surface area (Å²) in [5.74, 6) is -1.46. The fourth-order valence-corrected chi connectivity index (χ4v) is 3.04. The highest BCUT2D eigenvalue weighted by Crippen LogP contribution is 2.51. The van der Waals surface area contributed by atoms with Crippen molar-refractivity contribution < 1.29 is 41.0 Å². The van der Waals surface area contributed by atoms with Crippen LogP contribution >= 0.6 is 0 Å². The Morgan fingerprint density at radius 3 is 1.62 bits per heavy atom. The third kappa shape index (κ3) is 8.36. The molecule has 9 heteroatoms. The van der Waals surface area contributed by atoms with Crippen LogP contribution in [-0.2, 0) is 19.0 Å². The lowest BCUT2D eigenvalue weighted by atomic mass is 9.69. The summed E-state index contributed by atoms with van der Waals surface area (Å²) in [4.78, 5) is 12.3. The third-order valence-electron chi connectivity index (χ3n) is 4.07. The van der Waals surface area contributed by atoms with Gasteiger partial charge in [-0.15, -0.1) is 8.78 Å². The molecule has 3 atom stereocenters. The molecular weight excluding hydrogens is 399 g/mol. The number of esters is 1. The molecule has 0 aliphatic carbocycles. The minimum Gasteiger partial charge on any atom is -0.459 e. The predicted octanol–water partition coefficient (Wildman–Crippen LogP) is 7.21. The van der Waals surface area contributed by atoms with Crippen molar-refractivity contribution >= 4 is 5.97 Å². The number of rotatable bonds is 4. The van der Waals surface area contributed by atoms with E-state index in [9.17, 15) is 26.7 Å². The van der Waals surface area contributed by atoms with E-state index in [4.69, 9.17) is 4.74 Å². The molecule has 0 spiro atoms. The Kier molecular flexibility index (Phi) is 12.7. The molecule has 0 N–H and O–H groups in total. The first-order valence-electron chi connectivity index (χ1n) is 7.84. The van der Waals surface area contributed by atoms with Crippen LogP contribution < -0.4 is 0 Å². The molecule has 0 bridgehead atoms. The van der Waals surface area contributed by atoms with Gasteiger partial charge in [0.2, 0.25) is 0 Å². The minimum absolute atomic E-state index is 0. The fraction of sp³-hybridized carbons (Fsp3) is 0.950. The topological polar surface area (TPSA) is 44.8 Å². The Hall–Kier alpha value is -0.960. The van der Waals surface area contributed by atoms with Gasteiger partial charge in [-0.25, -0.2) is 0 Å². The number of halogens is 5. The molecule has 0 radical (unpaired) electrons. The van der Waals surface area contributed by atoms with E-state index in [1.165, 1.54) is 41.5 Å². The average Bonchev–Trinajstić information content (AvgIpc) is 2.59. The van der Waals surface area contributed by atoms with E-state index in [2.05, 4.69) is 9.47 Å². The van der Waals surface area contributed by atoms with Crippen LogP contribution in [-0.4, -0.2) is 36.2 Å². The molecule has 3 unspecified atom stereocenters. The van der Waals surface area contributed by atoms with Crippen molar-refractivity contribution in [2.24, 2.45) is 10.8 Å². The Morgan fingerprint density at radius 1 is 0.931 bits per heavy atom. The van der Waals surface area contributed by atoms with Crippen molar-refractivity contribution in [3.63, 3.8) is 0 Å². The van der Waals surface area contributed by atoms with Gasteiger partial charge in [0.25, 0.3) is 0 Å². The Balaban J connectivity index is -0.000000781. The lowest BCUT2D eigenvalue weighted by Gasteiger charge is -2.41. The second-order valence-corrected chi connectivity index (χ2v) is 8.32. The van der Waals surface area contributed by atoms with Gasteiger partial charge in [-0.2, -0.15) is 13.2 Å². The van der Waals surface area contributed by atoms with Crippen molar-refractivity contribution in [1.82, 2.24) is 0 Å². The number of alkyl halides is 5. The smallest absolute Gasteiger partial charge is 0.459 e. The van der Waals surface area contributed by atoms with Gasteiger partial charge in [0.1, 0.15) is 5.60 Å². The molecule has 1 aliphatic rings. The molecule has 4 nitrogen and oxygen atoms in total. The first kappa shape index (κ1) is 35.5. The second-order valence-electron chi connectivity index (χ2n) is 8.32. The summed E-state index contributed by atoms with van der Waals surface area (Å²) in [6, 6.07) is 0. The highest BCUT2D eigenvalue weighted by Gasteiger charge is 2.63. The number of carbonyl (C=O) groups excluding carboxylic acids is 1. The molecule has 1 saturated heterocycles. The molecule has 29 heavy (non-hydrogen) atoms. The highest BCUT2D eigenvalue weighted by molar-refractivity contribution is 5.78. The van der Waals surface area contributed by atoms with Crippen LogP contribution in [0.25, 0.3) is 0 Å². The van der Waals surface area contributed by atoms with Crippen LogP contribution in [0.2, 0.25) is 0 Å². The summed E-state index contributed by atoms with van der Waals surface area (Å²) in [6.07, 6.45) is -12.1. The van der Waals surface area contributed by atoms with E-state index in [1.54, 1.807) is 0 Å². The molecular formula is C20H41F5O4. The van der Waals surface area contributed by atoms with Crippen LogP contribution in [0, 0.1) is 10.8 Å². The van der Waals surface area contributed by atoms with Crippen molar-refractivity contribution in [2.75, 3.05) is 0 Å². The molecule has 180 valence electrons. The van der Waals surface area contributed by atoms with Crippen molar-refractivity contribution in [3.05, 3.63) is 0 Å². The van der Waals surface area contributed by atoms with Gasteiger partial charge in [-0.05, 0) is 46.5 Å². The van der Waals surface area contributed by atoms with Gasteiger partial charge in [0.15, 0.2) is 5.41 Å². The summed E-state index contributed by atoms with van der Waals surface area (Å²) in [6.45, 7) is 8.99. The van der Waals surface area contributed by atoms with Crippen LogP contribution in [0.4, 0.5) is 22.0 Å². The quantitative estimate of drug-likeness (QED) is 0.342. The van der Waals surface area contributed by atoms with Gasteiger partial charge in [-0.1, -0.05) is 43.6 Å². The normalized spacial score (nSPS) is 23.3. The van der Waals surface area contributed by atoms with E-state index < -0.39 is 53.5 Å². The molecule has 1 fully saturated rings. The summed E-state index contributed by atoms with van der Waals surface area (Å²) in [5, 5.41) is 0. The molecule has 1 heterocycles. The van der Waals surface area contributed by atoms with Gasteiger partial charge in [0.05, 0.1) is 12.2 Å². The molecule has 1 aliphatic heterocycles. The van der Waals surface area contributed by atoms with Crippen LogP contribution in [0.1, 0.15) is 84.6 Å². The number of hydrogen-bond donors (Lipinski definition) is 0. The largest absolute Gasteiger partial charge is 0.486 e. The number of carbonyl (C=O) groups is 1. The van der Waals surface area contributed by atoms with Crippen molar-refractivity contribution in [3.8, 4) is 0 Å². The highest BCUT2D eigenvalue weighted by atomic mass is 19.4. The number of ether oxygens (including phenoxy) is 3. The predicted molar refractivity (Wildman–Crippen MR) is 106 cm³/mol. The average molecular weight is 441 g/mol. The second kappa shape index (κ2) is 10.4. The maximum absolute atomic E-state index is 13.7. The Bertz CT molecular complexity index is 512. The molecule has 0 aromatic heterocycles. The molecule has 0 aromatic rings. The van der Waals surface area contributed by atoms with Crippen LogP contribution in [0.3, 0.4) is 0 Å². The maximum atomic E-state index is 13.7. The Morgan fingerprint density at radius 2 is 1.34 bits per heavy atom. The Labute approximate surface area is 173 Å². The first-order chi connectivity index (χ1) is 10.8. The summed E-state index contributed by atoms with van der Waals surface area (Å²) < 4.78 is 81.3. The van der Waals surface area contributed by atoms with Gasteiger partial charge in [-0.3, -0.25) is 14.3 Å². The lowest BCUT2D eigenvalue weighted by Crippen LogP contribution is -2.51. The SMILES string of the molecule is C.C.C.C.CC1OC(F)(F)OC1C(C)(C)CC(C)(C(=O)OC(C)(C)C)C(F)(F)F. The van der Waals surface area contributed by atoms with Gasteiger partial charge in [0, 0.05) is 0 Å². The standard InChI is InChI=1S/C16H25F5O4.4CH4/c1-9-10(24-16(20,21)23-9)13(5,6)8-14(7,15(17,18)19)11(22)25-12(2,3)4;;;;/h9-10H,8H2,1-7H3;4*1H4. The summed E-state index contributed by atoms with van der Waals surface area (Å²) >= 11 is 0. The zero-order valence-corrected chi connectivity index (χ0v) is 15.4. The van der Waals surface area contributed by atoms with E-state index >= 15 is 0 Å². The maximum Gasteiger partial charge on any atom is 0.486 e. The van der Waals surface area contributed by atoms with Crippen LogP contribution in [0.5, 0.6) is 0 Å². The molecule has 1 rings (SSSR count). The lowest BCUT2D eigenvalue weighted by molar-refractivity contribution is -0.355. The summed E-state index contributed by atoms with van der Waals surface area (Å²) in [5.41, 5.74) is -5.45. The van der Waals surface area contributed by atoms with Crippen molar-refractivity contribution in [2.45, 2.75) is 115 Å². The van der Waals surface area contributed by atoms with E-state index in [0.29, 0.717) is 6.92 Å². The van der Waals surface area contributed by atoms with Crippen LogP contribution in [0.15, 0.2) is 0 Å². The van der Waals surface area contributed by atoms with E-state index in [-0.39, 0.29) is 29.7 Å². The molecule has 0 aromatic carbocycles. The van der Waals surface area contributed by atoms with Crippen molar-refractivity contribution in [1.29, 1.82) is 0 Å². The first-order valence-corrected chi connectivity index (χ1v) is 7.84. The van der Waals surface area contributed by atoms with Gasteiger partial charge >= 0.3 is 18.4 Å². The monoisotopic (exact) mass is 440 g/mol. The zero-order chi connectivity index (χ0) is 20.1. The van der Waals surface area contributed by atoms with Gasteiger partial charge < -0.3 is 4.74 Å². The summed E-state index contributed by atoms with van der Waals surface area (Å²) in [7, 11) is 0. The zero-order valence-electron chi connectivity index (χ0n) is 15.4. The minimum atomic E-state index is -4.93. The number of hydrogen-bond acceptors (Lipinski definition) is 4. The van der Waals surface area contributed by atoms with E-state index in [0.717, 1.165) is 0 Å². The molecule has 0 amide bonds. The van der Waals surface area contributed by atoms with E-state index in [1.807, 2.05) is 0 Å². The fourth-order valence-electron chi connectivity index (χ4n) is 3.04.